The van der Waals surface area contributed by atoms with Gasteiger partial charge in [0.25, 0.3) is 0 Å². The molecule has 0 aliphatic carbocycles. The second-order valence-electron chi connectivity index (χ2n) is 3.12. The Kier molecular flexibility index (Phi) is 4.48. The number of aryl methyl sites for hydroxylation is 1. The van der Waals surface area contributed by atoms with Crippen molar-refractivity contribution >= 4 is 6.21 Å². The second kappa shape index (κ2) is 5.97. The van der Waals surface area contributed by atoms with E-state index in [2.05, 4.69) is 41.7 Å². The lowest BCUT2D eigenvalue weighted by Crippen LogP contribution is -2.04. The molecule has 0 atom stereocenters. The number of hydrogen-bond donors (Lipinski definition) is 1. The summed E-state index contributed by atoms with van der Waals surface area (Å²) in [6, 6.07) is 8.42. The molecule has 0 spiro atoms. The Balaban J connectivity index is 2.35. The van der Waals surface area contributed by atoms with Crippen molar-refractivity contribution in [2.45, 2.75) is 20.4 Å². The first-order valence-corrected chi connectivity index (χ1v) is 4.75. The fourth-order valence-electron chi connectivity index (χ4n) is 1.02. The van der Waals surface area contributed by atoms with Crippen molar-refractivity contribution in [3.8, 4) is 0 Å². The van der Waals surface area contributed by atoms with Crippen LogP contribution in [-0.4, -0.2) is 6.21 Å². The minimum Gasteiger partial charge on any atom is -0.306 e. The van der Waals surface area contributed by atoms with Crippen molar-refractivity contribution < 1.29 is 0 Å². The maximum Gasteiger partial charge on any atom is 0.0580 e. The van der Waals surface area contributed by atoms with Crippen LogP contribution in [0.1, 0.15) is 18.1 Å². The lowest BCUT2D eigenvalue weighted by atomic mass is 10.1. The van der Waals surface area contributed by atoms with Crippen LogP contribution in [0.5, 0.6) is 0 Å². The average molecular weight is 188 g/mol. The highest BCUT2D eigenvalue weighted by atomic mass is 15.3. The number of benzene rings is 1. The fourth-order valence-corrected chi connectivity index (χ4v) is 1.02. The van der Waals surface area contributed by atoms with Crippen molar-refractivity contribution in [3.63, 3.8) is 0 Å². The predicted octanol–water partition coefficient (Wildman–Crippen LogP) is 2.65. The van der Waals surface area contributed by atoms with Crippen LogP contribution in [0.3, 0.4) is 0 Å². The fraction of sp³-hybridized carbons (Fsp3) is 0.250. The monoisotopic (exact) mass is 188 g/mol. The maximum atomic E-state index is 4.02. The second-order valence-corrected chi connectivity index (χ2v) is 3.12. The van der Waals surface area contributed by atoms with E-state index in [9.17, 15) is 0 Å². The van der Waals surface area contributed by atoms with Gasteiger partial charge in [-0.2, -0.15) is 5.10 Å². The zero-order valence-corrected chi connectivity index (χ0v) is 8.70. The van der Waals surface area contributed by atoms with E-state index >= 15 is 0 Å². The van der Waals surface area contributed by atoms with E-state index in [-0.39, 0.29) is 0 Å². The van der Waals surface area contributed by atoms with E-state index in [1.54, 1.807) is 6.21 Å². The van der Waals surface area contributed by atoms with E-state index in [0.717, 1.165) is 6.54 Å². The molecule has 1 aromatic carbocycles. The van der Waals surface area contributed by atoms with Crippen LogP contribution in [0.2, 0.25) is 0 Å². The van der Waals surface area contributed by atoms with E-state index in [1.165, 1.54) is 11.1 Å². The molecule has 0 fully saturated rings. The Hall–Kier alpha value is -1.57. The molecular weight excluding hydrogens is 172 g/mol. The van der Waals surface area contributed by atoms with Gasteiger partial charge in [0.15, 0.2) is 0 Å². The quantitative estimate of drug-likeness (QED) is 0.570. The van der Waals surface area contributed by atoms with Crippen molar-refractivity contribution in [3.05, 3.63) is 47.5 Å². The van der Waals surface area contributed by atoms with Gasteiger partial charge in [0.05, 0.1) is 6.54 Å². The molecule has 2 nitrogen and oxygen atoms in total. The molecule has 0 aromatic heterocycles. The summed E-state index contributed by atoms with van der Waals surface area (Å²) in [4.78, 5) is 0. The minimum atomic E-state index is 0.772. The topological polar surface area (TPSA) is 24.4 Å². The summed E-state index contributed by atoms with van der Waals surface area (Å²) in [6.45, 7) is 4.82. The zero-order chi connectivity index (χ0) is 10.2. The first kappa shape index (κ1) is 10.5. The summed E-state index contributed by atoms with van der Waals surface area (Å²) in [5.41, 5.74) is 5.50. The van der Waals surface area contributed by atoms with Gasteiger partial charge in [-0.25, -0.2) is 0 Å². The molecule has 1 N–H and O–H groups in total. The molecule has 74 valence electrons. The summed E-state index contributed by atoms with van der Waals surface area (Å²) in [5.74, 6) is 0. The van der Waals surface area contributed by atoms with Gasteiger partial charge in [0.2, 0.25) is 0 Å². The molecule has 0 saturated carbocycles. The van der Waals surface area contributed by atoms with E-state index in [1.807, 2.05) is 19.1 Å². The van der Waals surface area contributed by atoms with Gasteiger partial charge in [-0.05, 0) is 25.5 Å². The number of nitrogens with one attached hydrogen (secondary N) is 1. The number of nitrogens with zero attached hydrogens (tertiary/aromatic N) is 1. The van der Waals surface area contributed by atoms with E-state index in [4.69, 9.17) is 0 Å². The Labute approximate surface area is 85.3 Å². The lowest BCUT2D eigenvalue weighted by molar-refractivity contribution is 0.748. The lowest BCUT2D eigenvalue weighted by Gasteiger charge is -2.00. The Bertz CT molecular complexity index is 310. The zero-order valence-electron chi connectivity index (χ0n) is 8.70. The van der Waals surface area contributed by atoms with Crippen LogP contribution in [0, 0.1) is 6.92 Å². The molecule has 0 bridgehead atoms. The number of allylic oxidation sites excluding steroid dienone is 2. The van der Waals surface area contributed by atoms with Gasteiger partial charge in [0.1, 0.15) is 0 Å². The summed E-state index contributed by atoms with van der Waals surface area (Å²) in [5, 5.41) is 4.02. The maximum absolute atomic E-state index is 4.02. The molecule has 0 radical (unpaired) electrons. The highest BCUT2D eigenvalue weighted by Gasteiger charge is 1.88. The van der Waals surface area contributed by atoms with Crippen LogP contribution in [0.25, 0.3) is 0 Å². The van der Waals surface area contributed by atoms with Gasteiger partial charge in [-0.3, -0.25) is 0 Å². The largest absolute Gasteiger partial charge is 0.306 e. The minimum absolute atomic E-state index is 0.772. The summed E-state index contributed by atoms with van der Waals surface area (Å²) in [7, 11) is 0. The first-order valence-electron chi connectivity index (χ1n) is 4.75. The standard InChI is InChI=1S/C12H16N2/c1-3-4-9-13-14-10-12-7-5-11(2)6-8-12/h3-9,14H,10H2,1-2H3/b4-3-,13-9-. The Morgan fingerprint density at radius 1 is 1.29 bits per heavy atom. The van der Waals surface area contributed by atoms with Gasteiger partial charge in [-0.15, -0.1) is 0 Å². The van der Waals surface area contributed by atoms with Crippen LogP contribution in [-0.2, 0) is 6.54 Å². The van der Waals surface area contributed by atoms with Crippen molar-refractivity contribution in [2.24, 2.45) is 5.10 Å². The molecular formula is C12H16N2. The van der Waals surface area contributed by atoms with E-state index < -0.39 is 0 Å². The molecule has 1 rings (SSSR count). The molecule has 2 heteroatoms. The normalized spacial score (nSPS) is 11.3. The molecule has 0 heterocycles. The molecule has 0 saturated heterocycles. The van der Waals surface area contributed by atoms with Gasteiger partial charge < -0.3 is 5.43 Å². The van der Waals surface area contributed by atoms with Crippen LogP contribution < -0.4 is 5.43 Å². The molecule has 0 aliphatic rings. The number of hydrogen-bond acceptors (Lipinski definition) is 2. The van der Waals surface area contributed by atoms with Crippen molar-refractivity contribution in [1.82, 2.24) is 5.43 Å². The van der Waals surface area contributed by atoms with Crippen LogP contribution >= 0.6 is 0 Å². The van der Waals surface area contributed by atoms with Gasteiger partial charge in [-0.1, -0.05) is 35.9 Å². The van der Waals surface area contributed by atoms with E-state index in [0.29, 0.717) is 0 Å². The first-order chi connectivity index (χ1) is 6.83. The molecule has 0 unspecified atom stereocenters. The highest BCUT2D eigenvalue weighted by Crippen LogP contribution is 2.01. The predicted molar refractivity (Wildman–Crippen MR) is 61.3 cm³/mol. The van der Waals surface area contributed by atoms with Crippen molar-refractivity contribution in [2.75, 3.05) is 0 Å². The summed E-state index contributed by atoms with van der Waals surface area (Å²) in [6.07, 6.45) is 5.58. The number of rotatable bonds is 4. The number of hydrazone groups is 1. The van der Waals surface area contributed by atoms with Crippen LogP contribution in [0.4, 0.5) is 0 Å². The third kappa shape index (κ3) is 3.90. The molecule has 14 heavy (non-hydrogen) atoms. The van der Waals surface area contributed by atoms with Crippen molar-refractivity contribution in [1.29, 1.82) is 0 Å². The third-order valence-corrected chi connectivity index (χ3v) is 1.85. The average Bonchev–Trinajstić information content (AvgIpc) is 2.21. The molecule has 0 aliphatic heterocycles. The van der Waals surface area contributed by atoms with Gasteiger partial charge >= 0.3 is 0 Å². The third-order valence-electron chi connectivity index (χ3n) is 1.85. The smallest absolute Gasteiger partial charge is 0.0580 e. The van der Waals surface area contributed by atoms with Gasteiger partial charge in [0, 0.05) is 6.21 Å². The molecule has 0 amide bonds. The SMILES string of the molecule is C/C=C\C=N/NCc1ccc(C)cc1. The summed E-state index contributed by atoms with van der Waals surface area (Å²) >= 11 is 0. The Morgan fingerprint density at radius 2 is 2.00 bits per heavy atom. The summed E-state index contributed by atoms with van der Waals surface area (Å²) < 4.78 is 0. The molecule has 1 aromatic rings. The van der Waals surface area contributed by atoms with Crippen LogP contribution in [0.15, 0.2) is 41.5 Å². The highest BCUT2D eigenvalue weighted by molar-refractivity contribution is 5.70. The Morgan fingerprint density at radius 3 is 2.64 bits per heavy atom.